The van der Waals surface area contributed by atoms with Gasteiger partial charge in [0.2, 0.25) is 12.1 Å². The van der Waals surface area contributed by atoms with Crippen molar-refractivity contribution < 1.29 is 39.4 Å². The lowest BCUT2D eigenvalue weighted by Crippen LogP contribution is -2.18. The van der Waals surface area contributed by atoms with Gasteiger partial charge in [0, 0.05) is 18.5 Å². The fourth-order valence-corrected chi connectivity index (χ4v) is 5.26. The van der Waals surface area contributed by atoms with Gasteiger partial charge in [-0.15, -0.1) is 15.0 Å². The minimum Gasteiger partial charge on any atom is -0.476 e. The molecule has 1 atom stereocenters. The molecular weight excluding hydrogens is 658 g/mol. The number of tetrazole rings is 1. The lowest BCUT2D eigenvalue weighted by Gasteiger charge is -2.12. The number of benzene rings is 3. The van der Waals surface area contributed by atoms with Crippen molar-refractivity contribution in [2.45, 2.75) is 59.1 Å². The Bertz CT molecular complexity index is 1880. The summed E-state index contributed by atoms with van der Waals surface area (Å²) < 4.78 is 12.2. The molecule has 3 N–H and O–H groups in total. The number of halogens is 1. The Kier molecular flexibility index (Phi) is 11.7. The molecule has 5 aromatic rings. The van der Waals surface area contributed by atoms with E-state index in [-0.39, 0.29) is 29.5 Å². The minimum atomic E-state index is -1.13. The monoisotopic (exact) mass is 691 g/mol. The van der Waals surface area contributed by atoms with Gasteiger partial charge in [0.25, 0.3) is 0 Å². The molecule has 0 saturated carbocycles. The molecule has 256 valence electrons. The lowest BCUT2D eigenvalue weighted by atomic mass is 9.98. The number of aryl methyl sites for hydroxylation is 1. The van der Waals surface area contributed by atoms with E-state index in [0.29, 0.717) is 41.3 Å². The first-order valence-electron chi connectivity index (χ1n) is 15.3. The number of aromatic nitrogens is 6. The van der Waals surface area contributed by atoms with Gasteiger partial charge in [0.05, 0.1) is 12.0 Å². The van der Waals surface area contributed by atoms with E-state index >= 15 is 0 Å². The quantitative estimate of drug-likeness (QED) is 0.0817. The molecule has 15 nitrogen and oxygen atoms in total. The van der Waals surface area contributed by atoms with Crippen LogP contribution in [0.3, 0.4) is 0 Å². The number of carbonyl (C=O) groups excluding carboxylic acids is 1. The summed E-state index contributed by atoms with van der Waals surface area (Å²) in [4.78, 5) is 34.3. The Morgan fingerprint density at radius 3 is 2.24 bits per heavy atom. The number of nitrogens with zero attached hydrogens (tertiary/aromatic N) is 7. The standard InChI is InChI=1S/C33H34ClN7O8/c1-3-4-9-28-35-30(34)29(32(42)43)39(28)18-22-14-16-25(17-15-22)26-7-5-6-8-27(26)31-36-38-40(37-31)21(2)49-33(44)47-19-23-10-12-24(13-11-23)20-48-41(45)46/h5-8,10-17,21,45-46H,3-4,9,18-20H2,1-2H3,(H,42,43). The molecule has 0 aliphatic rings. The largest absolute Gasteiger partial charge is 0.510 e. The first-order chi connectivity index (χ1) is 23.6. The number of carboxylic acid groups (broad SMARTS) is 1. The van der Waals surface area contributed by atoms with Crippen molar-refractivity contribution >= 4 is 23.7 Å². The maximum absolute atomic E-state index is 12.4. The van der Waals surface area contributed by atoms with Crippen LogP contribution in [0.1, 0.15) is 65.9 Å². The zero-order chi connectivity index (χ0) is 34.9. The number of imidazole rings is 1. The highest BCUT2D eigenvalue weighted by Crippen LogP contribution is 2.31. The second-order valence-corrected chi connectivity index (χ2v) is 11.3. The van der Waals surface area contributed by atoms with Crippen LogP contribution in [0, 0.1) is 0 Å². The van der Waals surface area contributed by atoms with Crippen LogP contribution in [0.2, 0.25) is 5.15 Å². The molecule has 16 heteroatoms. The third-order valence-electron chi connectivity index (χ3n) is 7.48. The first-order valence-corrected chi connectivity index (χ1v) is 15.7. The van der Waals surface area contributed by atoms with Crippen molar-refractivity contribution in [2.24, 2.45) is 0 Å². The Morgan fingerprint density at radius 1 is 0.939 bits per heavy atom. The topological polar surface area (TPSA) is 187 Å². The third-order valence-corrected chi connectivity index (χ3v) is 7.74. The summed E-state index contributed by atoms with van der Waals surface area (Å²) in [7, 11) is 0. The highest BCUT2D eigenvalue weighted by atomic mass is 35.5. The first kappa shape index (κ1) is 35.1. The molecule has 0 amide bonds. The molecule has 49 heavy (non-hydrogen) atoms. The van der Waals surface area contributed by atoms with E-state index in [0.717, 1.165) is 29.5 Å². The highest BCUT2D eigenvalue weighted by Gasteiger charge is 2.22. The zero-order valence-electron chi connectivity index (χ0n) is 26.6. The van der Waals surface area contributed by atoms with E-state index in [9.17, 15) is 14.7 Å². The summed E-state index contributed by atoms with van der Waals surface area (Å²) in [5.41, 5.74) is 4.61. The number of hydrogen-bond acceptors (Lipinski definition) is 12. The van der Waals surface area contributed by atoms with Crippen molar-refractivity contribution in [3.63, 3.8) is 0 Å². The van der Waals surface area contributed by atoms with E-state index in [4.69, 9.17) is 31.5 Å². The van der Waals surface area contributed by atoms with Crippen molar-refractivity contribution in [1.29, 1.82) is 0 Å². The summed E-state index contributed by atoms with van der Waals surface area (Å²) in [6.07, 6.45) is 0.576. The van der Waals surface area contributed by atoms with Gasteiger partial charge >= 0.3 is 12.1 Å². The second-order valence-electron chi connectivity index (χ2n) is 10.9. The molecule has 0 spiro atoms. The molecule has 2 heterocycles. The molecule has 0 aliphatic carbocycles. The SMILES string of the molecule is CCCCc1nc(Cl)c(C(=O)O)n1Cc1ccc(-c2ccccc2-c2nnn(C(C)OC(=O)OCc3ccc(CON(O)O)cc3)n2)cc1. The van der Waals surface area contributed by atoms with Gasteiger partial charge in [-0.2, -0.15) is 0 Å². The van der Waals surface area contributed by atoms with Crippen LogP contribution in [0.5, 0.6) is 0 Å². The minimum absolute atomic E-state index is 0.0169. The van der Waals surface area contributed by atoms with E-state index < -0.39 is 18.4 Å². The Hall–Kier alpha value is -5.19. The van der Waals surface area contributed by atoms with Gasteiger partial charge in [-0.1, -0.05) is 97.7 Å². The third kappa shape index (κ3) is 9.04. The van der Waals surface area contributed by atoms with Crippen LogP contribution in [0.4, 0.5) is 4.79 Å². The predicted molar refractivity (Wildman–Crippen MR) is 173 cm³/mol. The van der Waals surface area contributed by atoms with Crippen LogP contribution in [0.25, 0.3) is 22.5 Å². The summed E-state index contributed by atoms with van der Waals surface area (Å²) in [6, 6.07) is 22.0. The van der Waals surface area contributed by atoms with Gasteiger partial charge in [-0.25, -0.2) is 19.4 Å². The van der Waals surface area contributed by atoms with E-state index in [2.05, 4.69) is 32.2 Å². The second kappa shape index (κ2) is 16.3. The molecule has 3 aromatic carbocycles. The van der Waals surface area contributed by atoms with Crippen molar-refractivity contribution in [3.8, 4) is 22.5 Å². The maximum Gasteiger partial charge on any atom is 0.510 e. The van der Waals surface area contributed by atoms with Crippen LogP contribution in [-0.2, 0) is 40.5 Å². The average molecular weight is 692 g/mol. The number of carbonyl (C=O) groups is 2. The molecule has 0 fully saturated rings. The number of aromatic carboxylic acids is 1. The number of carboxylic acids is 1. The lowest BCUT2D eigenvalue weighted by molar-refractivity contribution is -0.497. The summed E-state index contributed by atoms with van der Waals surface area (Å²) in [5, 5.41) is 39.4. The zero-order valence-corrected chi connectivity index (χ0v) is 27.4. The molecule has 0 aliphatic heterocycles. The number of rotatable bonds is 15. The van der Waals surface area contributed by atoms with Gasteiger partial charge in [0.1, 0.15) is 12.4 Å². The van der Waals surface area contributed by atoms with Crippen LogP contribution < -0.4 is 0 Å². The summed E-state index contributed by atoms with van der Waals surface area (Å²) in [6.45, 7) is 3.82. The fraction of sp³-hybridized carbons (Fsp3) is 0.273. The molecule has 2 aromatic heterocycles. The highest BCUT2D eigenvalue weighted by molar-refractivity contribution is 6.32. The van der Waals surface area contributed by atoms with Crippen LogP contribution in [0.15, 0.2) is 72.8 Å². The average Bonchev–Trinajstić information content (AvgIpc) is 3.71. The molecule has 5 rings (SSSR count). The van der Waals surface area contributed by atoms with E-state index in [1.165, 1.54) is 4.80 Å². The van der Waals surface area contributed by atoms with Gasteiger partial charge in [0.15, 0.2) is 10.8 Å². The van der Waals surface area contributed by atoms with E-state index in [1.54, 1.807) is 35.8 Å². The Labute approximate surface area is 285 Å². The fourth-order valence-electron chi connectivity index (χ4n) is 4.98. The number of unbranched alkanes of at least 4 members (excludes halogenated alkanes) is 1. The predicted octanol–water partition coefficient (Wildman–Crippen LogP) is 6.33. The van der Waals surface area contributed by atoms with Gasteiger partial charge in [-0.05, 0) is 46.4 Å². The van der Waals surface area contributed by atoms with Gasteiger partial charge in [-0.3, -0.25) is 10.4 Å². The summed E-state index contributed by atoms with van der Waals surface area (Å²) in [5.74, 6) is -0.173. The van der Waals surface area contributed by atoms with Crippen molar-refractivity contribution in [3.05, 3.63) is 106 Å². The number of ether oxygens (including phenoxy) is 2. The Morgan fingerprint density at radius 2 is 1.59 bits per heavy atom. The molecule has 0 radical (unpaired) electrons. The van der Waals surface area contributed by atoms with Crippen molar-refractivity contribution in [2.75, 3.05) is 0 Å². The molecule has 0 saturated heterocycles. The summed E-state index contributed by atoms with van der Waals surface area (Å²) >= 11 is 6.20. The normalized spacial score (nSPS) is 11.9. The van der Waals surface area contributed by atoms with Crippen molar-refractivity contribution in [1.82, 2.24) is 35.1 Å². The van der Waals surface area contributed by atoms with Crippen LogP contribution in [-0.4, -0.2) is 62.8 Å². The number of hydrogen-bond donors (Lipinski definition) is 3. The molecular formula is C33H34ClN7O8. The molecule has 1 unspecified atom stereocenters. The van der Waals surface area contributed by atoms with E-state index in [1.807, 2.05) is 48.5 Å². The van der Waals surface area contributed by atoms with Crippen LogP contribution >= 0.6 is 11.6 Å². The molecule has 0 bridgehead atoms. The Balaban J connectivity index is 1.23. The van der Waals surface area contributed by atoms with Gasteiger partial charge < -0.3 is 19.1 Å². The smallest absolute Gasteiger partial charge is 0.476 e. The maximum atomic E-state index is 12.4.